The fourth-order valence-corrected chi connectivity index (χ4v) is 2.31. The summed E-state index contributed by atoms with van der Waals surface area (Å²) in [6, 6.07) is 0. The Bertz CT molecular complexity index is 166. The maximum absolute atomic E-state index is 5.46. The normalized spacial score (nSPS) is 22.9. The SMILES string of the molecule is CCCN(CCC(C)CC)CC1CCOC1. The van der Waals surface area contributed by atoms with Crippen LogP contribution in [0.4, 0.5) is 0 Å². The molecule has 16 heavy (non-hydrogen) atoms. The fraction of sp³-hybridized carbons (Fsp3) is 1.00. The second-order valence-electron chi connectivity index (χ2n) is 5.33. The Balaban J connectivity index is 2.22. The lowest BCUT2D eigenvalue weighted by atomic mass is 10.0. The van der Waals surface area contributed by atoms with Gasteiger partial charge in [0, 0.05) is 13.2 Å². The molecule has 0 aromatic rings. The van der Waals surface area contributed by atoms with Crippen molar-refractivity contribution >= 4 is 0 Å². The molecule has 1 rings (SSSR count). The van der Waals surface area contributed by atoms with Gasteiger partial charge in [0.1, 0.15) is 0 Å². The van der Waals surface area contributed by atoms with E-state index >= 15 is 0 Å². The molecule has 0 N–H and O–H groups in total. The van der Waals surface area contributed by atoms with Crippen LogP contribution in [0, 0.1) is 11.8 Å². The molecule has 1 heterocycles. The summed E-state index contributed by atoms with van der Waals surface area (Å²) in [7, 11) is 0. The van der Waals surface area contributed by atoms with Gasteiger partial charge in [0.2, 0.25) is 0 Å². The van der Waals surface area contributed by atoms with Crippen LogP contribution in [0.1, 0.15) is 46.5 Å². The third kappa shape index (κ3) is 5.31. The quantitative estimate of drug-likeness (QED) is 0.631. The average Bonchev–Trinajstić information content (AvgIpc) is 2.78. The number of nitrogens with zero attached hydrogens (tertiary/aromatic N) is 1. The van der Waals surface area contributed by atoms with Crippen LogP contribution >= 0.6 is 0 Å². The molecular weight excluding hydrogens is 198 g/mol. The van der Waals surface area contributed by atoms with Gasteiger partial charge in [0.05, 0.1) is 6.61 Å². The summed E-state index contributed by atoms with van der Waals surface area (Å²) in [5.41, 5.74) is 0. The highest BCUT2D eigenvalue weighted by atomic mass is 16.5. The molecule has 2 heteroatoms. The minimum Gasteiger partial charge on any atom is -0.381 e. The summed E-state index contributed by atoms with van der Waals surface area (Å²) in [4.78, 5) is 2.64. The van der Waals surface area contributed by atoms with Gasteiger partial charge in [-0.3, -0.25) is 0 Å². The minimum absolute atomic E-state index is 0.795. The second-order valence-corrected chi connectivity index (χ2v) is 5.33. The van der Waals surface area contributed by atoms with Crippen LogP contribution in [0.25, 0.3) is 0 Å². The Hall–Kier alpha value is -0.0800. The number of ether oxygens (including phenoxy) is 1. The molecule has 0 spiro atoms. The highest BCUT2D eigenvalue weighted by Gasteiger charge is 2.18. The largest absolute Gasteiger partial charge is 0.381 e. The van der Waals surface area contributed by atoms with Gasteiger partial charge in [-0.2, -0.15) is 0 Å². The summed E-state index contributed by atoms with van der Waals surface area (Å²) in [5, 5.41) is 0. The van der Waals surface area contributed by atoms with Gasteiger partial charge >= 0.3 is 0 Å². The topological polar surface area (TPSA) is 12.5 Å². The van der Waals surface area contributed by atoms with Crippen LogP contribution in [0.3, 0.4) is 0 Å². The highest BCUT2D eigenvalue weighted by Crippen LogP contribution is 2.15. The van der Waals surface area contributed by atoms with Crippen molar-refractivity contribution in [2.24, 2.45) is 11.8 Å². The van der Waals surface area contributed by atoms with Crippen LogP contribution in [-0.2, 0) is 4.74 Å². The Morgan fingerprint density at radius 3 is 2.69 bits per heavy atom. The molecule has 0 aromatic heterocycles. The van der Waals surface area contributed by atoms with E-state index < -0.39 is 0 Å². The molecule has 2 nitrogen and oxygen atoms in total. The summed E-state index contributed by atoms with van der Waals surface area (Å²) in [5.74, 6) is 1.67. The van der Waals surface area contributed by atoms with E-state index in [1.807, 2.05) is 0 Å². The third-order valence-electron chi connectivity index (χ3n) is 3.72. The fourth-order valence-electron chi connectivity index (χ4n) is 2.31. The summed E-state index contributed by atoms with van der Waals surface area (Å²) in [6.45, 7) is 12.7. The minimum atomic E-state index is 0.795. The summed E-state index contributed by atoms with van der Waals surface area (Å²) < 4.78 is 5.46. The number of hydrogen-bond donors (Lipinski definition) is 0. The third-order valence-corrected chi connectivity index (χ3v) is 3.72. The van der Waals surface area contributed by atoms with E-state index in [0.717, 1.165) is 25.0 Å². The van der Waals surface area contributed by atoms with E-state index in [2.05, 4.69) is 25.7 Å². The van der Waals surface area contributed by atoms with Gasteiger partial charge in [0.15, 0.2) is 0 Å². The molecule has 0 aliphatic carbocycles. The lowest BCUT2D eigenvalue weighted by Crippen LogP contribution is -2.32. The molecule has 0 saturated carbocycles. The van der Waals surface area contributed by atoms with E-state index in [-0.39, 0.29) is 0 Å². The van der Waals surface area contributed by atoms with Crippen LogP contribution < -0.4 is 0 Å². The van der Waals surface area contributed by atoms with E-state index in [1.54, 1.807) is 0 Å². The van der Waals surface area contributed by atoms with E-state index in [0.29, 0.717) is 0 Å². The van der Waals surface area contributed by atoms with Crippen LogP contribution in [-0.4, -0.2) is 37.7 Å². The zero-order chi connectivity index (χ0) is 11.8. The van der Waals surface area contributed by atoms with E-state index in [9.17, 15) is 0 Å². The molecule has 2 atom stereocenters. The van der Waals surface area contributed by atoms with Gasteiger partial charge in [-0.1, -0.05) is 27.2 Å². The van der Waals surface area contributed by atoms with E-state index in [4.69, 9.17) is 4.74 Å². The zero-order valence-corrected chi connectivity index (χ0v) is 11.4. The standard InChI is InChI=1S/C14H29NO/c1-4-8-15(9-6-13(3)5-2)11-14-7-10-16-12-14/h13-14H,4-12H2,1-3H3. The maximum atomic E-state index is 5.46. The van der Waals surface area contributed by atoms with Gasteiger partial charge in [-0.15, -0.1) is 0 Å². The van der Waals surface area contributed by atoms with Crippen molar-refractivity contribution in [2.45, 2.75) is 46.5 Å². The average molecular weight is 227 g/mol. The first-order valence-electron chi connectivity index (χ1n) is 7.06. The molecule has 0 aromatic carbocycles. The Morgan fingerprint density at radius 2 is 2.12 bits per heavy atom. The molecule has 1 saturated heterocycles. The lowest BCUT2D eigenvalue weighted by molar-refractivity contribution is 0.164. The molecule has 0 radical (unpaired) electrons. The smallest absolute Gasteiger partial charge is 0.0507 e. The highest BCUT2D eigenvalue weighted by molar-refractivity contribution is 4.70. The molecule has 0 bridgehead atoms. The zero-order valence-electron chi connectivity index (χ0n) is 11.4. The Kier molecular flexibility index (Phi) is 7.06. The van der Waals surface area contributed by atoms with Crippen molar-refractivity contribution in [3.8, 4) is 0 Å². The van der Waals surface area contributed by atoms with Crippen LogP contribution in [0.15, 0.2) is 0 Å². The summed E-state index contributed by atoms with van der Waals surface area (Å²) >= 11 is 0. The first kappa shape index (κ1) is 14.0. The van der Waals surface area contributed by atoms with Crippen molar-refractivity contribution in [1.29, 1.82) is 0 Å². The van der Waals surface area contributed by atoms with Gasteiger partial charge in [-0.25, -0.2) is 0 Å². The van der Waals surface area contributed by atoms with E-state index in [1.165, 1.54) is 45.3 Å². The predicted molar refractivity (Wildman–Crippen MR) is 69.7 cm³/mol. The number of rotatable bonds is 8. The lowest BCUT2D eigenvalue weighted by Gasteiger charge is -2.25. The molecule has 1 aliphatic heterocycles. The monoisotopic (exact) mass is 227 g/mol. The predicted octanol–water partition coefficient (Wildman–Crippen LogP) is 3.17. The van der Waals surface area contributed by atoms with Crippen molar-refractivity contribution < 1.29 is 4.74 Å². The Labute approximate surface area is 101 Å². The first-order valence-corrected chi connectivity index (χ1v) is 7.06. The van der Waals surface area contributed by atoms with Crippen molar-refractivity contribution in [2.75, 3.05) is 32.8 Å². The molecular formula is C14H29NO. The van der Waals surface area contributed by atoms with Crippen molar-refractivity contribution in [3.63, 3.8) is 0 Å². The van der Waals surface area contributed by atoms with Gasteiger partial charge in [0.25, 0.3) is 0 Å². The molecule has 0 amide bonds. The van der Waals surface area contributed by atoms with Gasteiger partial charge < -0.3 is 9.64 Å². The first-order chi connectivity index (χ1) is 7.76. The van der Waals surface area contributed by atoms with Crippen molar-refractivity contribution in [1.82, 2.24) is 4.90 Å². The molecule has 96 valence electrons. The Morgan fingerprint density at radius 1 is 1.31 bits per heavy atom. The van der Waals surface area contributed by atoms with Crippen molar-refractivity contribution in [3.05, 3.63) is 0 Å². The maximum Gasteiger partial charge on any atom is 0.0507 e. The molecule has 1 fully saturated rings. The molecule has 2 unspecified atom stereocenters. The number of hydrogen-bond acceptors (Lipinski definition) is 2. The van der Waals surface area contributed by atoms with Gasteiger partial charge in [-0.05, 0) is 44.2 Å². The molecule has 1 aliphatic rings. The van der Waals surface area contributed by atoms with Crippen LogP contribution in [0.5, 0.6) is 0 Å². The second kappa shape index (κ2) is 8.08. The summed E-state index contributed by atoms with van der Waals surface area (Å²) in [6.07, 6.45) is 5.20. The van der Waals surface area contributed by atoms with Crippen LogP contribution in [0.2, 0.25) is 0 Å².